The van der Waals surface area contributed by atoms with Crippen LogP contribution < -0.4 is 14.8 Å². The predicted octanol–water partition coefficient (Wildman–Crippen LogP) is 2.31. The Bertz CT molecular complexity index is 578. The maximum absolute atomic E-state index is 5.79. The Kier molecular flexibility index (Phi) is 6.72. The first-order chi connectivity index (χ1) is 12.3. The van der Waals surface area contributed by atoms with Crippen LogP contribution >= 0.6 is 12.2 Å². The van der Waals surface area contributed by atoms with E-state index in [0.717, 1.165) is 67.7 Å². The first kappa shape index (κ1) is 18.2. The number of hydrogen-bond donors (Lipinski definition) is 1. The molecule has 0 unspecified atom stereocenters. The van der Waals surface area contributed by atoms with E-state index in [1.165, 1.54) is 0 Å². The second-order valence-corrected chi connectivity index (χ2v) is 6.67. The molecule has 0 spiro atoms. The number of benzene rings is 1. The fraction of sp³-hybridized carbons (Fsp3) is 0.611. The van der Waals surface area contributed by atoms with Gasteiger partial charge in [-0.15, -0.1) is 0 Å². The summed E-state index contributed by atoms with van der Waals surface area (Å²) >= 11 is 5.62. The Morgan fingerprint density at radius 1 is 1.36 bits per heavy atom. The third-order valence-corrected chi connectivity index (χ3v) is 4.75. The van der Waals surface area contributed by atoms with Crippen molar-refractivity contribution in [2.24, 2.45) is 0 Å². The first-order valence-corrected chi connectivity index (χ1v) is 9.19. The quantitative estimate of drug-likeness (QED) is 0.560. The third-order valence-electron chi connectivity index (χ3n) is 4.35. The van der Waals surface area contributed by atoms with Crippen LogP contribution in [0, 0.1) is 0 Å². The summed E-state index contributed by atoms with van der Waals surface area (Å²) in [6.45, 7) is 4.17. The lowest BCUT2D eigenvalue weighted by molar-refractivity contribution is 0.0897. The standard InChI is InChI=1S/C18H26N2O4S/c1-21-8-3-7-19-18(25)20(12-15-4-2-9-22-15)11-14-5-6-16-17(10-14)24-13-23-16/h5-6,10,15H,2-4,7-9,11-13H2,1H3,(H,19,25)/t15-/m1/s1. The summed E-state index contributed by atoms with van der Waals surface area (Å²) in [6, 6.07) is 6.04. The number of rotatable bonds is 8. The van der Waals surface area contributed by atoms with E-state index in [1.54, 1.807) is 7.11 Å². The van der Waals surface area contributed by atoms with Crippen LogP contribution in [0.5, 0.6) is 11.5 Å². The van der Waals surface area contributed by atoms with E-state index in [9.17, 15) is 0 Å². The van der Waals surface area contributed by atoms with E-state index < -0.39 is 0 Å². The van der Waals surface area contributed by atoms with Crippen LogP contribution in [-0.4, -0.2) is 56.3 Å². The van der Waals surface area contributed by atoms with Crippen molar-refractivity contribution in [2.45, 2.75) is 31.9 Å². The number of fused-ring (bicyclic) bond motifs is 1. The lowest BCUT2D eigenvalue weighted by atomic mass is 10.1. The van der Waals surface area contributed by atoms with Gasteiger partial charge in [-0.3, -0.25) is 0 Å². The zero-order valence-electron chi connectivity index (χ0n) is 14.7. The number of nitrogens with one attached hydrogen (secondary N) is 1. The molecule has 0 bridgehead atoms. The minimum Gasteiger partial charge on any atom is -0.454 e. The second-order valence-electron chi connectivity index (χ2n) is 6.28. The predicted molar refractivity (Wildman–Crippen MR) is 99.0 cm³/mol. The zero-order chi connectivity index (χ0) is 17.5. The maximum Gasteiger partial charge on any atom is 0.231 e. The molecule has 138 valence electrons. The second kappa shape index (κ2) is 9.22. The lowest BCUT2D eigenvalue weighted by Gasteiger charge is -2.28. The zero-order valence-corrected chi connectivity index (χ0v) is 15.5. The van der Waals surface area contributed by atoms with Gasteiger partial charge < -0.3 is 29.2 Å². The molecule has 1 saturated heterocycles. The van der Waals surface area contributed by atoms with Crippen molar-refractivity contribution < 1.29 is 18.9 Å². The summed E-state index contributed by atoms with van der Waals surface area (Å²) in [5.41, 5.74) is 1.14. The van der Waals surface area contributed by atoms with Crippen molar-refractivity contribution in [1.29, 1.82) is 0 Å². The summed E-state index contributed by atoms with van der Waals surface area (Å²) < 4.78 is 21.7. The number of thiocarbonyl (C=S) groups is 1. The van der Waals surface area contributed by atoms with Crippen LogP contribution in [-0.2, 0) is 16.0 Å². The monoisotopic (exact) mass is 366 g/mol. The normalized spacial score (nSPS) is 18.4. The van der Waals surface area contributed by atoms with E-state index in [1.807, 2.05) is 12.1 Å². The van der Waals surface area contributed by atoms with Gasteiger partial charge in [0.25, 0.3) is 0 Å². The molecule has 3 rings (SSSR count). The smallest absolute Gasteiger partial charge is 0.231 e. The van der Waals surface area contributed by atoms with E-state index in [-0.39, 0.29) is 12.9 Å². The average molecular weight is 366 g/mol. The van der Waals surface area contributed by atoms with Crippen molar-refractivity contribution >= 4 is 17.3 Å². The highest BCUT2D eigenvalue weighted by Crippen LogP contribution is 2.32. The molecule has 1 aromatic carbocycles. The molecule has 7 heteroatoms. The van der Waals surface area contributed by atoms with Gasteiger partial charge in [0.1, 0.15) is 0 Å². The Hall–Kier alpha value is -1.57. The summed E-state index contributed by atoms with van der Waals surface area (Å²) in [5, 5.41) is 4.08. The van der Waals surface area contributed by atoms with Gasteiger partial charge in [0, 0.05) is 40.0 Å². The lowest BCUT2D eigenvalue weighted by Crippen LogP contribution is -2.43. The highest BCUT2D eigenvalue weighted by molar-refractivity contribution is 7.80. The van der Waals surface area contributed by atoms with Crippen molar-refractivity contribution in [3.8, 4) is 11.5 Å². The maximum atomic E-state index is 5.79. The average Bonchev–Trinajstić information content (AvgIpc) is 3.29. The van der Waals surface area contributed by atoms with Crippen molar-refractivity contribution in [2.75, 3.05) is 40.2 Å². The molecule has 0 radical (unpaired) electrons. The first-order valence-electron chi connectivity index (χ1n) is 8.78. The van der Waals surface area contributed by atoms with Gasteiger partial charge in [-0.2, -0.15) is 0 Å². The Morgan fingerprint density at radius 3 is 3.04 bits per heavy atom. The molecule has 2 aliphatic rings. The largest absolute Gasteiger partial charge is 0.454 e. The topological polar surface area (TPSA) is 52.2 Å². The Morgan fingerprint density at radius 2 is 2.24 bits per heavy atom. The molecule has 1 N–H and O–H groups in total. The van der Waals surface area contributed by atoms with Crippen LogP contribution in [0.25, 0.3) is 0 Å². The Balaban J connectivity index is 1.61. The van der Waals surface area contributed by atoms with Gasteiger partial charge in [0.2, 0.25) is 6.79 Å². The number of hydrogen-bond acceptors (Lipinski definition) is 5. The summed E-state index contributed by atoms with van der Waals surface area (Å²) in [4.78, 5) is 2.18. The molecular weight excluding hydrogens is 340 g/mol. The molecule has 6 nitrogen and oxygen atoms in total. The van der Waals surface area contributed by atoms with Crippen LogP contribution in [0.15, 0.2) is 18.2 Å². The van der Waals surface area contributed by atoms with E-state index in [0.29, 0.717) is 6.54 Å². The van der Waals surface area contributed by atoms with Crippen molar-refractivity contribution in [3.63, 3.8) is 0 Å². The van der Waals surface area contributed by atoms with Crippen LogP contribution in [0.4, 0.5) is 0 Å². The van der Waals surface area contributed by atoms with Gasteiger partial charge in [-0.25, -0.2) is 0 Å². The highest BCUT2D eigenvalue weighted by Gasteiger charge is 2.22. The molecular formula is C18H26N2O4S. The third kappa shape index (κ3) is 5.20. The van der Waals surface area contributed by atoms with Crippen LogP contribution in [0.2, 0.25) is 0 Å². The van der Waals surface area contributed by atoms with Crippen LogP contribution in [0.3, 0.4) is 0 Å². The van der Waals surface area contributed by atoms with E-state index in [2.05, 4.69) is 16.3 Å². The summed E-state index contributed by atoms with van der Waals surface area (Å²) in [6.07, 6.45) is 3.38. The molecule has 1 aromatic rings. The fourth-order valence-corrected chi connectivity index (χ4v) is 3.28. The molecule has 25 heavy (non-hydrogen) atoms. The molecule has 2 aliphatic heterocycles. The minimum absolute atomic E-state index is 0.243. The van der Waals surface area contributed by atoms with Crippen molar-refractivity contribution in [3.05, 3.63) is 23.8 Å². The Labute approximate surface area is 154 Å². The van der Waals surface area contributed by atoms with Gasteiger partial charge in [0.05, 0.1) is 6.10 Å². The number of methoxy groups -OCH3 is 1. The van der Waals surface area contributed by atoms with Gasteiger partial charge >= 0.3 is 0 Å². The highest BCUT2D eigenvalue weighted by atomic mass is 32.1. The molecule has 0 saturated carbocycles. The minimum atomic E-state index is 0.243. The SMILES string of the molecule is COCCCNC(=S)N(Cc1ccc2c(c1)OCO2)C[C@H]1CCCO1. The van der Waals surface area contributed by atoms with Gasteiger partial charge in [-0.05, 0) is 49.2 Å². The van der Waals surface area contributed by atoms with Crippen LogP contribution in [0.1, 0.15) is 24.8 Å². The van der Waals surface area contributed by atoms with E-state index in [4.69, 9.17) is 31.2 Å². The molecule has 1 atom stereocenters. The molecule has 2 heterocycles. The number of nitrogens with zero attached hydrogens (tertiary/aromatic N) is 1. The molecule has 0 aliphatic carbocycles. The molecule has 1 fully saturated rings. The van der Waals surface area contributed by atoms with E-state index >= 15 is 0 Å². The van der Waals surface area contributed by atoms with Gasteiger partial charge in [-0.1, -0.05) is 6.07 Å². The number of ether oxygens (including phenoxy) is 4. The molecule has 0 aromatic heterocycles. The summed E-state index contributed by atoms with van der Waals surface area (Å²) in [7, 11) is 1.71. The van der Waals surface area contributed by atoms with Gasteiger partial charge in [0.15, 0.2) is 16.6 Å². The van der Waals surface area contributed by atoms with Crippen molar-refractivity contribution in [1.82, 2.24) is 10.2 Å². The molecule has 0 amide bonds. The summed E-state index contributed by atoms with van der Waals surface area (Å²) in [5.74, 6) is 1.60. The fourth-order valence-electron chi connectivity index (χ4n) is 3.04.